The number of anilines is 2. The lowest BCUT2D eigenvalue weighted by molar-refractivity contribution is 0.600. The van der Waals surface area contributed by atoms with Gasteiger partial charge in [-0.25, -0.2) is 8.42 Å². The Morgan fingerprint density at radius 3 is 2.48 bits per heavy atom. The average molecular weight is 328 g/mol. The van der Waals surface area contributed by atoms with Crippen LogP contribution in [-0.2, 0) is 10.0 Å². The zero-order valence-corrected chi connectivity index (χ0v) is 13.0. The van der Waals surface area contributed by atoms with Crippen molar-refractivity contribution in [3.05, 3.63) is 51.9 Å². The summed E-state index contributed by atoms with van der Waals surface area (Å²) in [6, 6.07) is 7.31. The van der Waals surface area contributed by atoms with Crippen LogP contribution in [0.15, 0.2) is 46.2 Å². The van der Waals surface area contributed by atoms with Gasteiger partial charge in [0.25, 0.3) is 10.0 Å². The standard InChI is InChI=1S/C13H14ClN3O3S/c1-17(2)12-5-3-9(14)7-11(12)16-21(19,20)10-4-6-13(18)15-8-10/h3-8,16H,1-2H3,(H,15,18). The van der Waals surface area contributed by atoms with E-state index < -0.39 is 10.0 Å². The molecule has 1 heterocycles. The molecule has 0 aliphatic heterocycles. The van der Waals surface area contributed by atoms with Crippen molar-refractivity contribution < 1.29 is 8.42 Å². The van der Waals surface area contributed by atoms with E-state index in [2.05, 4.69) is 9.71 Å². The Balaban J connectivity index is 2.43. The number of rotatable bonds is 4. The third-order valence-electron chi connectivity index (χ3n) is 2.75. The maximum atomic E-state index is 12.3. The van der Waals surface area contributed by atoms with Gasteiger partial charge < -0.3 is 9.88 Å². The number of nitrogens with zero attached hydrogens (tertiary/aromatic N) is 1. The summed E-state index contributed by atoms with van der Waals surface area (Å²) in [6.45, 7) is 0. The minimum atomic E-state index is -3.81. The molecule has 0 fully saturated rings. The molecule has 0 spiro atoms. The molecule has 2 rings (SSSR count). The molecule has 21 heavy (non-hydrogen) atoms. The van der Waals surface area contributed by atoms with E-state index in [0.717, 1.165) is 12.3 Å². The summed E-state index contributed by atoms with van der Waals surface area (Å²) in [5.74, 6) is 0. The Labute approximate surface area is 127 Å². The zero-order valence-electron chi connectivity index (χ0n) is 11.4. The fourth-order valence-electron chi connectivity index (χ4n) is 1.75. The smallest absolute Gasteiger partial charge is 0.263 e. The second-order valence-electron chi connectivity index (χ2n) is 4.55. The molecule has 0 radical (unpaired) electrons. The average Bonchev–Trinajstić information content (AvgIpc) is 2.38. The molecule has 0 bridgehead atoms. The van der Waals surface area contributed by atoms with Crippen LogP contribution < -0.4 is 15.2 Å². The van der Waals surface area contributed by atoms with Gasteiger partial charge >= 0.3 is 0 Å². The second kappa shape index (κ2) is 5.79. The largest absolute Gasteiger partial charge is 0.376 e. The number of aromatic amines is 1. The third-order valence-corrected chi connectivity index (χ3v) is 4.35. The van der Waals surface area contributed by atoms with E-state index in [1.807, 2.05) is 0 Å². The summed E-state index contributed by atoms with van der Waals surface area (Å²) in [5.41, 5.74) is 0.664. The number of pyridine rings is 1. The molecule has 112 valence electrons. The molecule has 0 atom stereocenters. The van der Waals surface area contributed by atoms with Crippen molar-refractivity contribution >= 4 is 33.0 Å². The van der Waals surface area contributed by atoms with Crippen LogP contribution in [0.5, 0.6) is 0 Å². The van der Waals surface area contributed by atoms with Crippen LogP contribution in [0.1, 0.15) is 0 Å². The molecular formula is C13H14ClN3O3S. The van der Waals surface area contributed by atoms with E-state index in [-0.39, 0.29) is 10.5 Å². The van der Waals surface area contributed by atoms with E-state index in [9.17, 15) is 13.2 Å². The van der Waals surface area contributed by atoms with E-state index >= 15 is 0 Å². The maximum absolute atomic E-state index is 12.3. The Morgan fingerprint density at radius 2 is 1.90 bits per heavy atom. The van der Waals surface area contributed by atoms with Gasteiger partial charge in [0.15, 0.2) is 0 Å². The molecule has 0 saturated heterocycles. The van der Waals surface area contributed by atoms with Gasteiger partial charge in [0.2, 0.25) is 5.56 Å². The molecule has 0 aliphatic carbocycles. The van der Waals surface area contributed by atoms with E-state index in [0.29, 0.717) is 16.4 Å². The SMILES string of the molecule is CN(C)c1ccc(Cl)cc1NS(=O)(=O)c1ccc(=O)[nH]c1. The fraction of sp³-hybridized carbons (Fsp3) is 0.154. The van der Waals surface area contributed by atoms with Gasteiger partial charge in [-0.05, 0) is 24.3 Å². The lowest BCUT2D eigenvalue weighted by Gasteiger charge is -2.18. The van der Waals surface area contributed by atoms with Crippen LogP contribution in [0.4, 0.5) is 11.4 Å². The molecule has 2 N–H and O–H groups in total. The quantitative estimate of drug-likeness (QED) is 0.898. The first-order valence-electron chi connectivity index (χ1n) is 5.98. The predicted molar refractivity (Wildman–Crippen MR) is 83.7 cm³/mol. The maximum Gasteiger partial charge on any atom is 0.263 e. The van der Waals surface area contributed by atoms with Gasteiger partial charge in [0.05, 0.1) is 11.4 Å². The van der Waals surface area contributed by atoms with Crippen molar-refractivity contribution in [2.45, 2.75) is 4.90 Å². The van der Waals surface area contributed by atoms with Crippen LogP contribution in [0.25, 0.3) is 0 Å². The second-order valence-corrected chi connectivity index (χ2v) is 6.67. The number of hydrogen-bond acceptors (Lipinski definition) is 4. The minimum absolute atomic E-state index is 0.0354. The van der Waals surface area contributed by atoms with Gasteiger partial charge in [-0.1, -0.05) is 11.6 Å². The third kappa shape index (κ3) is 3.56. The van der Waals surface area contributed by atoms with Crippen LogP contribution in [-0.4, -0.2) is 27.5 Å². The van der Waals surface area contributed by atoms with E-state index in [4.69, 9.17) is 11.6 Å². The Hall–Kier alpha value is -1.99. The van der Waals surface area contributed by atoms with Gasteiger partial charge in [-0.2, -0.15) is 0 Å². The van der Waals surface area contributed by atoms with Crippen molar-refractivity contribution in [2.24, 2.45) is 0 Å². The normalized spacial score (nSPS) is 11.2. The van der Waals surface area contributed by atoms with Crippen LogP contribution in [0.3, 0.4) is 0 Å². The number of aromatic nitrogens is 1. The number of H-pyrrole nitrogens is 1. The number of hydrogen-bond donors (Lipinski definition) is 2. The van der Waals surface area contributed by atoms with E-state index in [1.54, 1.807) is 31.1 Å². The number of benzene rings is 1. The van der Waals surface area contributed by atoms with Crippen LogP contribution in [0.2, 0.25) is 5.02 Å². The molecule has 0 amide bonds. The first-order chi connectivity index (χ1) is 9.79. The van der Waals surface area contributed by atoms with Crippen molar-refractivity contribution in [1.82, 2.24) is 4.98 Å². The van der Waals surface area contributed by atoms with Crippen molar-refractivity contribution in [2.75, 3.05) is 23.7 Å². The summed E-state index contributed by atoms with van der Waals surface area (Å²) in [6.07, 6.45) is 1.14. The van der Waals surface area contributed by atoms with Crippen molar-refractivity contribution in [1.29, 1.82) is 0 Å². The first-order valence-corrected chi connectivity index (χ1v) is 7.84. The molecule has 1 aromatic heterocycles. The van der Waals surface area contributed by atoms with Crippen molar-refractivity contribution in [3.63, 3.8) is 0 Å². The fourth-order valence-corrected chi connectivity index (χ4v) is 2.95. The summed E-state index contributed by atoms with van der Waals surface area (Å²) in [4.78, 5) is 15.1. The highest BCUT2D eigenvalue weighted by Crippen LogP contribution is 2.29. The molecule has 2 aromatic rings. The van der Waals surface area contributed by atoms with Gasteiger partial charge in [0.1, 0.15) is 4.90 Å². The summed E-state index contributed by atoms with van der Waals surface area (Å²) in [7, 11) is -0.223. The van der Waals surface area contributed by atoms with Crippen LogP contribution in [0, 0.1) is 0 Å². The van der Waals surface area contributed by atoms with Crippen LogP contribution >= 0.6 is 11.6 Å². The van der Waals surface area contributed by atoms with E-state index in [1.165, 1.54) is 12.1 Å². The molecule has 6 nitrogen and oxygen atoms in total. The van der Waals surface area contributed by atoms with Gasteiger partial charge in [-0.3, -0.25) is 9.52 Å². The summed E-state index contributed by atoms with van der Waals surface area (Å²) < 4.78 is 27.1. The number of halogens is 1. The topological polar surface area (TPSA) is 82.3 Å². The van der Waals surface area contributed by atoms with Gasteiger partial charge in [-0.15, -0.1) is 0 Å². The number of nitrogens with one attached hydrogen (secondary N) is 2. The van der Waals surface area contributed by atoms with Crippen molar-refractivity contribution in [3.8, 4) is 0 Å². The molecule has 0 unspecified atom stereocenters. The summed E-state index contributed by atoms with van der Waals surface area (Å²) in [5, 5.41) is 0.416. The molecule has 0 saturated carbocycles. The Morgan fingerprint density at radius 1 is 1.19 bits per heavy atom. The predicted octanol–water partition coefficient (Wildman–Crippen LogP) is 1.90. The molecule has 1 aromatic carbocycles. The lowest BCUT2D eigenvalue weighted by atomic mass is 10.2. The summed E-state index contributed by atoms with van der Waals surface area (Å²) >= 11 is 5.92. The minimum Gasteiger partial charge on any atom is -0.376 e. The highest BCUT2D eigenvalue weighted by molar-refractivity contribution is 7.92. The highest BCUT2D eigenvalue weighted by atomic mass is 35.5. The molecule has 8 heteroatoms. The lowest BCUT2D eigenvalue weighted by Crippen LogP contribution is -2.18. The molecule has 0 aliphatic rings. The Kier molecular flexibility index (Phi) is 4.24. The Bertz CT molecular complexity index is 795. The van der Waals surface area contributed by atoms with Gasteiger partial charge in [0, 0.05) is 31.4 Å². The molecular weight excluding hydrogens is 314 g/mol. The zero-order chi connectivity index (χ0) is 15.6. The number of sulfonamides is 1. The highest BCUT2D eigenvalue weighted by Gasteiger charge is 2.17. The first kappa shape index (κ1) is 15.4. The monoisotopic (exact) mass is 327 g/mol.